The predicted molar refractivity (Wildman–Crippen MR) is 90.4 cm³/mol. The summed E-state index contributed by atoms with van der Waals surface area (Å²) in [4.78, 5) is 1.14. The molecule has 0 saturated heterocycles. The summed E-state index contributed by atoms with van der Waals surface area (Å²) >= 11 is 4.65. The Balaban J connectivity index is 2.23. The van der Waals surface area contributed by atoms with Crippen LogP contribution in [0.25, 0.3) is 0 Å². The molecule has 2 rings (SSSR count). The van der Waals surface area contributed by atoms with Gasteiger partial charge in [-0.15, -0.1) is 0 Å². The predicted octanol–water partition coefficient (Wildman–Crippen LogP) is 2.71. The third-order valence-corrected chi connectivity index (χ3v) is 3.79. The van der Waals surface area contributed by atoms with Gasteiger partial charge in [0.05, 0.1) is 7.11 Å². The summed E-state index contributed by atoms with van der Waals surface area (Å²) in [5.74, 6) is 0.657. The highest BCUT2D eigenvalue weighted by atomic mass is 32.1. The fraction of sp³-hybridized carbons (Fsp3) is 0.312. The maximum atomic E-state index is 13.7. The van der Waals surface area contributed by atoms with Gasteiger partial charge in [0.25, 0.3) is 0 Å². The van der Waals surface area contributed by atoms with Crippen LogP contribution < -0.4 is 15.8 Å². The largest absolute Gasteiger partial charge is 0.497 e. The minimum Gasteiger partial charge on any atom is -0.497 e. The first kappa shape index (κ1) is 18.1. The smallest absolute Gasteiger partial charge is 0.434 e. The van der Waals surface area contributed by atoms with E-state index in [1.807, 2.05) is 6.07 Å². The standard InChI is InChI=1S/C16H18F3N3OS/c1-23-13-6-4-5-12(11-13)7-10-22-9-3-2-8-15(22,16(17,18)19)21-14(20)24/h2-6,8-9,11H,7,10H2,1H3,(H3,20,21,24). The first-order chi connectivity index (χ1) is 11.3. The summed E-state index contributed by atoms with van der Waals surface area (Å²) in [7, 11) is 1.54. The van der Waals surface area contributed by atoms with Crippen LogP contribution in [0.1, 0.15) is 5.56 Å². The van der Waals surface area contributed by atoms with E-state index in [0.717, 1.165) is 16.5 Å². The topological polar surface area (TPSA) is 50.5 Å². The van der Waals surface area contributed by atoms with Crippen molar-refractivity contribution in [1.82, 2.24) is 10.2 Å². The van der Waals surface area contributed by atoms with Crippen molar-refractivity contribution < 1.29 is 17.9 Å². The molecule has 1 aliphatic rings. The van der Waals surface area contributed by atoms with E-state index in [0.29, 0.717) is 12.2 Å². The van der Waals surface area contributed by atoms with Crippen molar-refractivity contribution in [2.24, 2.45) is 5.73 Å². The van der Waals surface area contributed by atoms with Gasteiger partial charge in [-0.1, -0.05) is 18.2 Å². The van der Waals surface area contributed by atoms with Gasteiger partial charge in [-0.2, -0.15) is 13.2 Å². The molecule has 1 aromatic carbocycles. The molecule has 3 N–H and O–H groups in total. The molecule has 0 aromatic heterocycles. The highest BCUT2D eigenvalue weighted by molar-refractivity contribution is 7.80. The second-order valence-corrected chi connectivity index (χ2v) is 5.69. The van der Waals surface area contributed by atoms with E-state index in [9.17, 15) is 13.2 Å². The number of alkyl halides is 3. The molecule has 0 amide bonds. The van der Waals surface area contributed by atoms with Crippen LogP contribution in [-0.2, 0) is 6.42 Å². The molecular weight excluding hydrogens is 339 g/mol. The van der Waals surface area contributed by atoms with E-state index in [1.165, 1.54) is 25.5 Å². The number of thiocarbonyl (C=S) groups is 1. The van der Waals surface area contributed by atoms with Gasteiger partial charge in [0.2, 0.25) is 5.66 Å². The Labute approximate surface area is 143 Å². The summed E-state index contributed by atoms with van der Waals surface area (Å²) in [5, 5.41) is 1.77. The molecule has 8 heteroatoms. The van der Waals surface area contributed by atoms with Crippen LogP contribution in [0, 0.1) is 0 Å². The van der Waals surface area contributed by atoms with Gasteiger partial charge >= 0.3 is 6.18 Å². The average molecular weight is 357 g/mol. The van der Waals surface area contributed by atoms with Gasteiger partial charge in [-0.3, -0.25) is 0 Å². The maximum Gasteiger partial charge on any atom is 0.434 e. The number of hydrogen-bond acceptors (Lipinski definition) is 3. The van der Waals surface area contributed by atoms with E-state index >= 15 is 0 Å². The van der Waals surface area contributed by atoms with E-state index in [-0.39, 0.29) is 6.54 Å². The molecule has 0 spiro atoms. The molecule has 0 fully saturated rings. The molecule has 24 heavy (non-hydrogen) atoms. The molecule has 1 unspecified atom stereocenters. The van der Waals surface area contributed by atoms with Crippen LogP contribution in [-0.4, -0.2) is 35.5 Å². The first-order valence-corrected chi connectivity index (χ1v) is 7.59. The lowest BCUT2D eigenvalue weighted by Gasteiger charge is -2.44. The number of nitrogens with zero attached hydrogens (tertiary/aromatic N) is 1. The Morgan fingerprint density at radius 1 is 1.38 bits per heavy atom. The maximum absolute atomic E-state index is 13.7. The Morgan fingerprint density at radius 3 is 2.75 bits per heavy atom. The number of rotatable bonds is 5. The fourth-order valence-corrected chi connectivity index (χ4v) is 2.68. The lowest BCUT2D eigenvalue weighted by atomic mass is 10.0. The van der Waals surface area contributed by atoms with Crippen molar-refractivity contribution in [3.05, 3.63) is 54.3 Å². The zero-order valence-electron chi connectivity index (χ0n) is 13.0. The molecule has 1 atom stereocenters. The summed E-state index contributed by atoms with van der Waals surface area (Å²) in [5.41, 5.74) is 3.74. The number of allylic oxidation sites excluding steroid dienone is 2. The monoisotopic (exact) mass is 357 g/mol. The van der Waals surface area contributed by atoms with Gasteiger partial charge in [-0.25, -0.2) is 0 Å². The van der Waals surface area contributed by atoms with Crippen LogP contribution in [0.15, 0.2) is 48.7 Å². The van der Waals surface area contributed by atoms with Crippen LogP contribution in [0.2, 0.25) is 0 Å². The minimum atomic E-state index is -4.61. The van der Waals surface area contributed by atoms with Crippen LogP contribution >= 0.6 is 12.2 Å². The zero-order valence-corrected chi connectivity index (χ0v) is 13.8. The molecule has 0 saturated carbocycles. The molecule has 130 valence electrons. The molecular formula is C16H18F3N3OS. The van der Waals surface area contributed by atoms with Crippen LogP contribution in [0.3, 0.4) is 0 Å². The second kappa shape index (κ2) is 7.12. The second-order valence-electron chi connectivity index (χ2n) is 5.25. The Kier molecular flexibility index (Phi) is 5.38. The van der Waals surface area contributed by atoms with Crippen molar-refractivity contribution in [3.8, 4) is 5.75 Å². The van der Waals surface area contributed by atoms with Crippen LogP contribution in [0.5, 0.6) is 5.75 Å². The molecule has 0 bridgehead atoms. The average Bonchev–Trinajstić information content (AvgIpc) is 2.52. The lowest BCUT2D eigenvalue weighted by molar-refractivity contribution is -0.213. The van der Waals surface area contributed by atoms with Gasteiger partial charge in [0.1, 0.15) is 5.75 Å². The molecule has 1 aliphatic heterocycles. The molecule has 4 nitrogen and oxygen atoms in total. The van der Waals surface area contributed by atoms with Crippen LogP contribution in [0.4, 0.5) is 13.2 Å². The number of hydrogen-bond donors (Lipinski definition) is 2. The fourth-order valence-electron chi connectivity index (χ4n) is 2.52. The summed E-state index contributed by atoms with van der Waals surface area (Å²) < 4.78 is 46.3. The number of halogens is 3. The normalized spacial score (nSPS) is 20.1. The number of methoxy groups -OCH3 is 1. The van der Waals surface area contributed by atoms with Gasteiger partial charge in [0.15, 0.2) is 5.11 Å². The molecule has 1 heterocycles. The Hall–Kier alpha value is -2.22. The Morgan fingerprint density at radius 2 is 2.12 bits per heavy atom. The lowest BCUT2D eigenvalue weighted by Crippen LogP contribution is -2.67. The van der Waals surface area contributed by atoms with Gasteiger partial charge in [0, 0.05) is 12.7 Å². The van der Waals surface area contributed by atoms with Crippen molar-refractivity contribution in [2.45, 2.75) is 18.3 Å². The zero-order chi connectivity index (χ0) is 17.8. The molecule has 1 aromatic rings. The third-order valence-electron chi connectivity index (χ3n) is 3.69. The van der Waals surface area contributed by atoms with Crippen molar-refractivity contribution >= 4 is 17.3 Å². The summed E-state index contributed by atoms with van der Waals surface area (Å²) in [6, 6.07) is 7.20. The SMILES string of the molecule is COc1cccc(CCN2C=CC=CC2(NC(N)=S)C(F)(F)F)c1. The summed E-state index contributed by atoms with van der Waals surface area (Å²) in [6.07, 6.45) is 1.03. The minimum absolute atomic E-state index is 0.114. The van der Waals surface area contributed by atoms with E-state index in [1.54, 1.807) is 18.2 Å². The molecule has 0 radical (unpaired) electrons. The van der Waals surface area contributed by atoms with Crippen molar-refractivity contribution in [2.75, 3.05) is 13.7 Å². The first-order valence-electron chi connectivity index (χ1n) is 7.18. The number of nitrogens with two attached hydrogens (primary N) is 1. The molecule has 0 aliphatic carbocycles. The van der Waals surface area contributed by atoms with E-state index in [2.05, 4.69) is 17.5 Å². The highest BCUT2D eigenvalue weighted by Crippen LogP contribution is 2.36. The van der Waals surface area contributed by atoms with Gasteiger partial charge < -0.3 is 20.7 Å². The van der Waals surface area contributed by atoms with E-state index < -0.39 is 17.0 Å². The number of ether oxygens (including phenoxy) is 1. The number of benzene rings is 1. The van der Waals surface area contributed by atoms with Crippen molar-refractivity contribution in [1.29, 1.82) is 0 Å². The van der Waals surface area contributed by atoms with Crippen molar-refractivity contribution in [3.63, 3.8) is 0 Å². The summed E-state index contributed by atoms with van der Waals surface area (Å²) in [6.45, 7) is 0.114. The highest BCUT2D eigenvalue weighted by Gasteiger charge is 2.57. The van der Waals surface area contributed by atoms with E-state index in [4.69, 9.17) is 10.5 Å². The van der Waals surface area contributed by atoms with Gasteiger partial charge in [-0.05, 0) is 48.5 Å². The quantitative estimate of drug-likeness (QED) is 0.794. The number of nitrogens with one attached hydrogen (secondary N) is 1. The Bertz CT molecular complexity index is 660. The third kappa shape index (κ3) is 3.81.